The van der Waals surface area contributed by atoms with Crippen LogP contribution in [0.1, 0.15) is 6.92 Å². The summed E-state index contributed by atoms with van der Waals surface area (Å²) in [5.74, 6) is -0.754. The Bertz CT molecular complexity index is 1830. The SMILES string of the molecule is CC1=NN(c2cc(Cl)c(S(=O)(=O)[O-])cc2Cl)C(=O)C1N=Nc1ccc2ccccc2c1S(=O)(=O)O.OCCN(CCO)CCO.[Na+]. The number of azo groups is 1. The molecule has 0 spiro atoms. The summed E-state index contributed by atoms with van der Waals surface area (Å²) < 4.78 is 67.8. The average Bonchev–Trinajstić information content (AvgIpc) is 3.24. The van der Waals surface area contributed by atoms with Crippen molar-refractivity contribution in [1.82, 2.24) is 4.90 Å². The molecule has 0 fully saturated rings. The summed E-state index contributed by atoms with van der Waals surface area (Å²) in [7, 11) is -9.61. The molecule has 1 unspecified atom stereocenters. The van der Waals surface area contributed by atoms with Crippen molar-refractivity contribution in [1.29, 1.82) is 0 Å². The number of halogens is 2. The zero-order valence-electron chi connectivity index (χ0n) is 24.5. The molecule has 3 aromatic carbocycles. The number of carbonyl (C=O) groups is 1. The number of rotatable bonds is 11. The second-order valence-electron chi connectivity index (χ2n) is 9.32. The minimum Gasteiger partial charge on any atom is -0.744 e. The van der Waals surface area contributed by atoms with Crippen LogP contribution in [0, 0.1) is 0 Å². The van der Waals surface area contributed by atoms with Gasteiger partial charge in [-0.3, -0.25) is 14.2 Å². The molecule has 1 aliphatic rings. The van der Waals surface area contributed by atoms with Crippen LogP contribution in [0.4, 0.5) is 11.4 Å². The van der Waals surface area contributed by atoms with Gasteiger partial charge in [-0.2, -0.15) is 28.8 Å². The Balaban J connectivity index is 0.000000580. The maximum atomic E-state index is 13.0. The number of hydrogen-bond donors (Lipinski definition) is 4. The quantitative estimate of drug-likeness (QED) is 0.111. The number of fused-ring (bicyclic) bond motifs is 1. The Hall–Kier alpha value is -2.10. The predicted molar refractivity (Wildman–Crippen MR) is 165 cm³/mol. The number of carbonyl (C=O) groups excluding carboxylic acids is 1. The van der Waals surface area contributed by atoms with E-state index in [-0.39, 0.29) is 76.9 Å². The van der Waals surface area contributed by atoms with Gasteiger partial charge in [-0.25, -0.2) is 8.42 Å². The van der Waals surface area contributed by atoms with Crippen molar-refractivity contribution in [2.45, 2.75) is 22.8 Å². The van der Waals surface area contributed by atoms with Crippen molar-refractivity contribution in [3.8, 4) is 0 Å². The van der Waals surface area contributed by atoms with E-state index in [0.29, 0.717) is 25.0 Å². The van der Waals surface area contributed by atoms with Crippen LogP contribution >= 0.6 is 23.2 Å². The third-order valence-electron chi connectivity index (χ3n) is 6.24. The Morgan fingerprint density at radius 2 is 1.54 bits per heavy atom. The van der Waals surface area contributed by atoms with Crippen molar-refractivity contribution in [3.63, 3.8) is 0 Å². The molecule has 0 bridgehead atoms. The molecule has 1 aliphatic heterocycles. The molecule has 4 rings (SSSR count). The van der Waals surface area contributed by atoms with Crippen molar-refractivity contribution in [3.05, 3.63) is 58.6 Å². The van der Waals surface area contributed by atoms with Gasteiger partial charge in [0.05, 0.1) is 46.2 Å². The molecule has 0 aliphatic carbocycles. The molecule has 244 valence electrons. The maximum Gasteiger partial charge on any atom is 1.00 e. The van der Waals surface area contributed by atoms with Crippen molar-refractivity contribution in [2.24, 2.45) is 15.3 Å². The van der Waals surface area contributed by atoms with E-state index < -0.39 is 47.0 Å². The molecule has 15 nitrogen and oxygen atoms in total. The van der Waals surface area contributed by atoms with Crippen molar-refractivity contribution in [2.75, 3.05) is 44.5 Å². The van der Waals surface area contributed by atoms with Crippen LogP contribution in [0.3, 0.4) is 0 Å². The van der Waals surface area contributed by atoms with Crippen LogP contribution in [0.15, 0.2) is 73.7 Å². The summed E-state index contributed by atoms with van der Waals surface area (Å²) in [4.78, 5) is 13.5. The van der Waals surface area contributed by atoms with Crippen LogP contribution in [-0.4, -0.2) is 103 Å². The third-order valence-corrected chi connectivity index (χ3v) is 8.79. The van der Waals surface area contributed by atoms with E-state index >= 15 is 0 Å². The molecule has 46 heavy (non-hydrogen) atoms. The number of aliphatic hydroxyl groups excluding tert-OH is 3. The molecule has 0 saturated carbocycles. The Morgan fingerprint density at radius 3 is 2.09 bits per heavy atom. The second-order valence-corrected chi connectivity index (χ2v) is 12.8. The number of aliphatic hydroxyl groups is 3. The van der Waals surface area contributed by atoms with Crippen molar-refractivity contribution < 1.29 is 75.6 Å². The van der Waals surface area contributed by atoms with Gasteiger partial charge in [-0.1, -0.05) is 53.5 Å². The number of hydrazone groups is 1. The fraction of sp³-hybridized carbons (Fsp3) is 0.308. The average molecular weight is 729 g/mol. The molecule has 0 radical (unpaired) electrons. The normalized spacial score (nSPS) is 15.2. The van der Waals surface area contributed by atoms with Gasteiger partial charge in [0, 0.05) is 25.0 Å². The molecule has 3 aromatic rings. The number of hydrogen-bond acceptors (Lipinski definition) is 13. The van der Waals surface area contributed by atoms with E-state index in [1.54, 1.807) is 29.2 Å². The molecule has 1 heterocycles. The van der Waals surface area contributed by atoms with Gasteiger partial charge in [-0.15, -0.1) is 0 Å². The maximum absolute atomic E-state index is 13.0. The van der Waals surface area contributed by atoms with Crippen LogP contribution < -0.4 is 34.6 Å². The molecular formula is C26H28Cl2N5NaO10S2. The number of anilines is 1. The summed E-state index contributed by atoms with van der Waals surface area (Å²) in [6.45, 7) is 3.21. The summed E-state index contributed by atoms with van der Waals surface area (Å²) in [5, 5.41) is 38.2. The van der Waals surface area contributed by atoms with E-state index in [1.807, 2.05) is 0 Å². The standard InChI is InChI=1S/C20H14Cl2N4O7S2.C6H15NO3.Na/c1-10-18(20(27)26(25-10)16-8-14(22)17(9-13(16)21)34(28,29)30)24-23-15-7-6-11-4-2-3-5-12(11)19(15)35(31,32)33;8-4-1-7(2-5-9)3-6-10;/h2-9,18H,1H3,(H,28,29,30)(H,31,32,33);8-10H,1-6H2;/q;;+1/p-1. The Morgan fingerprint density at radius 1 is 0.957 bits per heavy atom. The third kappa shape index (κ3) is 9.96. The predicted octanol–water partition coefficient (Wildman–Crippen LogP) is -0.558. The Kier molecular flexibility index (Phi) is 15.1. The topological polar surface area (TPSA) is 233 Å². The first-order chi connectivity index (χ1) is 21.1. The molecular weight excluding hydrogens is 700 g/mol. The van der Waals surface area contributed by atoms with Crippen LogP contribution in [-0.2, 0) is 25.0 Å². The molecule has 0 aromatic heterocycles. The summed E-state index contributed by atoms with van der Waals surface area (Å²) in [5.41, 5.74) is -0.146. The van der Waals surface area contributed by atoms with Gasteiger partial charge >= 0.3 is 29.6 Å². The van der Waals surface area contributed by atoms with E-state index in [1.165, 1.54) is 19.1 Å². The van der Waals surface area contributed by atoms with Gasteiger partial charge in [0.25, 0.3) is 16.0 Å². The zero-order valence-corrected chi connectivity index (χ0v) is 29.6. The van der Waals surface area contributed by atoms with E-state index in [2.05, 4.69) is 15.3 Å². The molecule has 0 saturated heterocycles. The van der Waals surface area contributed by atoms with E-state index in [0.717, 1.165) is 17.1 Å². The van der Waals surface area contributed by atoms with Crippen LogP contribution in [0.2, 0.25) is 10.0 Å². The van der Waals surface area contributed by atoms with Crippen LogP contribution in [0.25, 0.3) is 10.8 Å². The first-order valence-corrected chi connectivity index (χ1v) is 16.5. The van der Waals surface area contributed by atoms with Crippen molar-refractivity contribution >= 4 is 77.2 Å². The first kappa shape index (κ1) is 40.1. The van der Waals surface area contributed by atoms with Gasteiger partial charge in [-0.05, 0) is 30.5 Å². The largest absolute Gasteiger partial charge is 1.00 e. The van der Waals surface area contributed by atoms with Gasteiger partial charge in [0.15, 0.2) is 6.04 Å². The monoisotopic (exact) mass is 727 g/mol. The number of benzene rings is 3. The van der Waals surface area contributed by atoms with Crippen LogP contribution in [0.5, 0.6) is 0 Å². The Labute approximate surface area is 296 Å². The minimum absolute atomic E-state index is 0. The molecule has 20 heteroatoms. The zero-order chi connectivity index (χ0) is 33.5. The molecule has 1 atom stereocenters. The summed E-state index contributed by atoms with van der Waals surface area (Å²) in [6, 6.07) is 9.86. The summed E-state index contributed by atoms with van der Waals surface area (Å²) >= 11 is 12.0. The number of nitrogens with zero attached hydrogens (tertiary/aromatic N) is 5. The van der Waals surface area contributed by atoms with Gasteiger partial charge in [0.2, 0.25) is 0 Å². The second kappa shape index (κ2) is 17.3. The number of amides is 1. The molecule has 1 amide bonds. The fourth-order valence-electron chi connectivity index (χ4n) is 4.19. The minimum atomic E-state index is -4.91. The summed E-state index contributed by atoms with van der Waals surface area (Å²) in [6.07, 6.45) is 0. The van der Waals surface area contributed by atoms with Gasteiger partial charge < -0.3 is 19.9 Å². The fourth-order valence-corrected chi connectivity index (χ4v) is 6.34. The van der Waals surface area contributed by atoms with E-state index in [4.69, 9.17) is 38.5 Å². The smallest absolute Gasteiger partial charge is 0.744 e. The van der Waals surface area contributed by atoms with E-state index in [9.17, 15) is 30.7 Å². The molecule has 4 N–H and O–H groups in total. The first-order valence-electron chi connectivity index (χ1n) is 12.9. The van der Waals surface area contributed by atoms with Gasteiger partial charge in [0.1, 0.15) is 20.7 Å².